The van der Waals surface area contributed by atoms with Gasteiger partial charge in [-0.2, -0.15) is 5.26 Å². The summed E-state index contributed by atoms with van der Waals surface area (Å²) in [5, 5.41) is 13.3. The molecule has 4 nitrogen and oxygen atoms in total. The largest absolute Gasteiger partial charge is 0.341 e. The number of aromatic nitrogens is 2. The molecule has 2 aromatic heterocycles. The van der Waals surface area contributed by atoms with Gasteiger partial charge in [-0.15, -0.1) is 0 Å². The van der Waals surface area contributed by atoms with Crippen LogP contribution in [0.3, 0.4) is 0 Å². The van der Waals surface area contributed by atoms with Crippen molar-refractivity contribution in [3.8, 4) is 6.07 Å². The fourth-order valence-electron chi connectivity index (χ4n) is 3.61. The number of fused-ring (bicyclic) bond motifs is 3. The molecule has 0 bridgehead atoms. The van der Waals surface area contributed by atoms with Gasteiger partial charge in [0.25, 0.3) is 0 Å². The van der Waals surface area contributed by atoms with E-state index in [4.69, 9.17) is 4.98 Å². The molecule has 128 valence electrons. The zero-order valence-corrected chi connectivity index (χ0v) is 15.2. The third-order valence-corrected chi connectivity index (χ3v) is 4.87. The third-order valence-electron chi connectivity index (χ3n) is 4.87. The Bertz CT molecular complexity index is 1180. The van der Waals surface area contributed by atoms with Crippen molar-refractivity contribution in [3.05, 3.63) is 70.8 Å². The maximum absolute atomic E-state index is 9.75. The number of para-hydroxylation sites is 2. The molecule has 2 aromatic carbocycles. The Labute approximate surface area is 152 Å². The highest BCUT2D eigenvalue weighted by Gasteiger charge is 2.19. The van der Waals surface area contributed by atoms with Crippen molar-refractivity contribution in [1.82, 2.24) is 9.38 Å². The Kier molecular flexibility index (Phi) is 3.85. The van der Waals surface area contributed by atoms with Crippen LogP contribution in [0.25, 0.3) is 16.7 Å². The van der Waals surface area contributed by atoms with E-state index >= 15 is 0 Å². The van der Waals surface area contributed by atoms with Crippen LogP contribution in [0.5, 0.6) is 0 Å². The normalized spacial score (nSPS) is 11.0. The first kappa shape index (κ1) is 16.2. The number of aryl methyl sites for hydroxylation is 1. The topological polar surface area (TPSA) is 53.1 Å². The molecule has 0 atom stereocenters. The molecule has 4 aromatic rings. The highest BCUT2D eigenvalue weighted by molar-refractivity contribution is 5.87. The van der Waals surface area contributed by atoms with Crippen molar-refractivity contribution in [1.29, 1.82) is 5.26 Å². The maximum Gasteiger partial charge on any atom is 0.157 e. The Hall–Kier alpha value is -3.32. The third kappa shape index (κ3) is 2.41. The van der Waals surface area contributed by atoms with Gasteiger partial charge in [0.15, 0.2) is 5.65 Å². The number of rotatable bonds is 3. The maximum atomic E-state index is 9.75. The lowest BCUT2D eigenvalue weighted by Gasteiger charge is -2.18. The highest BCUT2D eigenvalue weighted by atomic mass is 15.1. The number of pyridine rings is 1. The molecular formula is C22H20N4. The molecular weight excluding hydrogens is 320 g/mol. The van der Waals surface area contributed by atoms with Gasteiger partial charge in [0.2, 0.25) is 0 Å². The number of anilines is 2. The molecule has 0 amide bonds. The quantitative estimate of drug-likeness (QED) is 0.552. The summed E-state index contributed by atoms with van der Waals surface area (Å²) >= 11 is 0. The van der Waals surface area contributed by atoms with Gasteiger partial charge < -0.3 is 5.32 Å². The van der Waals surface area contributed by atoms with Gasteiger partial charge in [-0.25, -0.2) is 4.98 Å². The smallest absolute Gasteiger partial charge is 0.157 e. The Morgan fingerprint density at radius 1 is 1.12 bits per heavy atom. The molecule has 2 heterocycles. The fraction of sp³-hybridized carbons (Fsp3) is 0.182. The lowest BCUT2D eigenvalue weighted by molar-refractivity contribution is 1.05. The molecule has 0 saturated carbocycles. The van der Waals surface area contributed by atoms with Crippen LogP contribution in [0.2, 0.25) is 0 Å². The van der Waals surface area contributed by atoms with E-state index < -0.39 is 0 Å². The molecule has 0 radical (unpaired) electrons. The summed E-state index contributed by atoms with van der Waals surface area (Å²) in [6.07, 6.45) is 0.830. The van der Waals surface area contributed by atoms with Crippen molar-refractivity contribution in [3.63, 3.8) is 0 Å². The summed E-state index contributed by atoms with van der Waals surface area (Å²) in [4.78, 5) is 4.74. The summed E-state index contributed by atoms with van der Waals surface area (Å²) in [6.45, 7) is 6.21. The van der Waals surface area contributed by atoms with Crippen LogP contribution in [-0.4, -0.2) is 9.38 Å². The SMILES string of the molecule is CCc1c(C)c(C#N)c2nc3ccccc3n2c1Nc1cccc(C)c1. The van der Waals surface area contributed by atoms with E-state index in [9.17, 15) is 5.26 Å². The number of nitriles is 1. The molecule has 0 aliphatic carbocycles. The van der Waals surface area contributed by atoms with Crippen LogP contribution in [0.1, 0.15) is 29.2 Å². The van der Waals surface area contributed by atoms with E-state index in [1.807, 2.05) is 37.3 Å². The van der Waals surface area contributed by atoms with Gasteiger partial charge in [-0.05, 0) is 61.2 Å². The lowest BCUT2D eigenvalue weighted by Crippen LogP contribution is -2.07. The van der Waals surface area contributed by atoms with Gasteiger partial charge in [0, 0.05) is 5.69 Å². The van der Waals surface area contributed by atoms with E-state index in [0.717, 1.165) is 40.1 Å². The Morgan fingerprint density at radius 2 is 1.92 bits per heavy atom. The van der Waals surface area contributed by atoms with Gasteiger partial charge in [0.05, 0.1) is 16.6 Å². The van der Waals surface area contributed by atoms with E-state index in [0.29, 0.717) is 11.2 Å². The van der Waals surface area contributed by atoms with E-state index in [1.165, 1.54) is 5.56 Å². The molecule has 0 saturated heterocycles. The van der Waals surface area contributed by atoms with Gasteiger partial charge >= 0.3 is 0 Å². The predicted octanol–water partition coefficient (Wildman–Crippen LogP) is 5.28. The standard InChI is InChI=1S/C22H20N4/c1-4-17-15(3)18(13-23)22-25-19-10-5-6-11-20(19)26(22)21(17)24-16-9-7-8-14(2)12-16/h5-12,24H,4H2,1-3H3. The molecule has 0 aliphatic rings. The van der Waals surface area contributed by atoms with Gasteiger partial charge in [-0.3, -0.25) is 4.40 Å². The van der Waals surface area contributed by atoms with Crippen molar-refractivity contribution in [2.75, 3.05) is 5.32 Å². The zero-order chi connectivity index (χ0) is 18.3. The molecule has 0 unspecified atom stereocenters. The molecule has 4 rings (SSSR count). The first-order valence-electron chi connectivity index (χ1n) is 8.80. The number of hydrogen-bond acceptors (Lipinski definition) is 3. The van der Waals surface area contributed by atoms with Crippen LogP contribution in [-0.2, 0) is 6.42 Å². The first-order chi connectivity index (χ1) is 12.6. The molecule has 26 heavy (non-hydrogen) atoms. The Morgan fingerprint density at radius 3 is 2.65 bits per heavy atom. The number of imidazole rings is 1. The van der Waals surface area contributed by atoms with Gasteiger partial charge in [-0.1, -0.05) is 31.2 Å². The minimum absolute atomic E-state index is 0.646. The summed E-state index contributed by atoms with van der Waals surface area (Å²) in [5.74, 6) is 0.985. The molecule has 0 spiro atoms. The van der Waals surface area contributed by atoms with E-state index in [-0.39, 0.29) is 0 Å². The molecule has 4 heteroatoms. The second kappa shape index (κ2) is 6.20. The summed E-state index contributed by atoms with van der Waals surface area (Å²) in [7, 11) is 0. The number of hydrogen-bond donors (Lipinski definition) is 1. The van der Waals surface area contributed by atoms with Crippen molar-refractivity contribution < 1.29 is 0 Å². The van der Waals surface area contributed by atoms with Crippen molar-refractivity contribution >= 4 is 28.2 Å². The van der Waals surface area contributed by atoms with Crippen LogP contribution in [0, 0.1) is 25.2 Å². The summed E-state index contributed by atoms with van der Waals surface area (Å²) < 4.78 is 2.09. The minimum atomic E-state index is 0.646. The number of benzene rings is 2. The predicted molar refractivity (Wildman–Crippen MR) is 106 cm³/mol. The number of nitrogens with one attached hydrogen (secondary N) is 1. The van der Waals surface area contributed by atoms with E-state index in [2.05, 4.69) is 47.8 Å². The van der Waals surface area contributed by atoms with Crippen LogP contribution >= 0.6 is 0 Å². The minimum Gasteiger partial charge on any atom is -0.341 e. The van der Waals surface area contributed by atoms with Crippen LogP contribution in [0.4, 0.5) is 11.5 Å². The molecule has 0 aliphatic heterocycles. The lowest BCUT2D eigenvalue weighted by atomic mass is 10.0. The molecule has 0 fully saturated rings. The first-order valence-corrected chi connectivity index (χ1v) is 8.80. The fourth-order valence-corrected chi connectivity index (χ4v) is 3.61. The average Bonchev–Trinajstić information content (AvgIpc) is 3.01. The van der Waals surface area contributed by atoms with Crippen LogP contribution in [0.15, 0.2) is 48.5 Å². The number of nitrogens with zero attached hydrogens (tertiary/aromatic N) is 3. The zero-order valence-electron chi connectivity index (χ0n) is 15.2. The van der Waals surface area contributed by atoms with Crippen molar-refractivity contribution in [2.24, 2.45) is 0 Å². The average molecular weight is 340 g/mol. The van der Waals surface area contributed by atoms with Crippen LogP contribution < -0.4 is 5.32 Å². The Balaban J connectivity index is 2.11. The second-order valence-corrected chi connectivity index (χ2v) is 6.55. The second-order valence-electron chi connectivity index (χ2n) is 6.55. The summed E-state index contributed by atoms with van der Waals surface area (Å²) in [5.41, 5.74) is 7.61. The van der Waals surface area contributed by atoms with Crippen molar-refractivity contribution in [2.45, 2.75) is 27.2 Å². The molecule has 1 N–H and O–H groups in total. The van der Waals surface area contributed by atoms with Gasteiger partial charge in [0.1, 0.15) is 11.9 Å². The van der Waals surface area contributed by atoms with E-state index in [1.54, 1.807) is 0 Å². The summed E-state index contributed by atoms with van der Waals surface area (Å²) in [6, 6.07) is 18.7. The highest BCUT2D eigenvalue weighted by Crippen LogP contribution is 2.33. The monoisotopic (exact) mass is 340 g/mol.